The molecule has 2 rings (SSSR count). The molecule has 18 heavy (non-hydrogen) atoms. The lowest BCUT2D eigenvalue weighted by Crippen LogP contribution is -2.07. The van der Waals surface area contributed by atoms with Gasteiger partial charge in [0.05, 0.1) is 12.3 Å². The molecule has 2 aromatic rings. The first-order valence-corrected chi connectivity index (χ1v) is 5.92. The van der Waals surface area contributed by atoms with Crippen molar-refractivity contribution in [1.29, 1.82) is 0 Å². The number of benzene rings is 1. The van der Waals surface area contributed by atoms with E-state index in [-0.39, 0.29) is 5.97 Å². The molecular formula is C14H16N2O2. The van der Waals surface area contributed by atoms with Crippen LogP contribution in [0.25, 0.3) is 5.69 Å². The Morgan fingerprint density at radius 3 is 2.56 bits per heavy atom. The first-order chi connectivity index (χ1) is 8.61. The van der Waals surface area contributed by atoms with Gasteiger partial charge in [0.15, 0.2) is 5.69 Å². The topological polar surface area (TPSA) is 44.1 Å². The molecule has 0 N–H and O–H groups in total. The number of hydrogen-bond donors (Lipinski definition) is 0. The van der Waals surface area contributed by atoms with Gasteiger partial charge in [-0.3, -0.25) is 0 Å². The summed E-state index contributed by atoms with van der Waals surface area (Å²) in [6.07, 6.45) is 1.83. The summed E-state index contributed by atoms with van der Waals surface area (Å²) in [5, 5.41) is 4.27. The van der Waals surface area contributed by atoms with Gasteiger partial charge in [0.25, 0.3) is 0 Å². The van der Waals surface area contributed by atoms with Crippen molar-refractivity contribution in [2.75, 3.05) is 6.61 Å². The van der Waals surface area contributed by atoms with Crippen LogP contribution >= 0.6 is 0 Å². The Bertz CT molecular complexity index is 556. The molecule has 0 amide bonds. The van der Waals surface area contributed by atoms with Gasteiger partial charge in [-0.05, 0) is 32.9 Å². The minimum atomic E-state index is -0.374. The van der Waals surface area contributed by atoms with Gasteiger partial charge in [-0.25, -0.2) is 9.48 Å². The third kappa shape index (κ3) is 2.42. The highest BCUT2D eigenvalue weighted by Gasteiger charge is 2.15. The molecule has 1 aromatic heterocycles. The quantitative estimate of drug-likeness (QED) is 0.780. The van der Waals surface area contributed by atoms with Gasteiger partial charge >= 0.3 is 5.97 Å². The summed E-state index contributed by atoms with van der Waals surface area (Å²) in [7, 11) is 0. The largest absolute Gasteiger partial charge is 0.461 e. The van der Waals surface area contributed by atoms with Crippen LogP contribution in [0.1, 0.15) is 28.5 Å². The molecule has 0 aliphatic rings. The minimum Gasteiger partial charge on any atom is -0.461 e. The molecule has 0 aliphatic heterocycles. The van der Waals surface area contributed by atoms with E-state index in [1.807, 2.05) is 44.3 Å². The van der Waals surface area contributed by atoms with Crippen LogP contribution in [0.3, 0.4) is 0 Å². The fraction of sp³-hybridized carbons (Fsp3) is 0.286. The molecule has 0 fully saturated rings. The van der Waals surface area contributed by atoms with E-state index in [4.69, 9.17) is 4.74 Å². The zero-order valence-corrected chi connectivity index (χ0v) is 10.8. The fourth-order valence-corrected chi connectivity index (χ4v) is 1.69. The lowest BCUT2D eigenvalue weighted by Gasteiger charge is -2.01. The van der Waals surface area contributed by atoms with Gasteiger partial charge in [-0.15, -0.1) is 0 Å². The van der Waals surface area contributed by atoms with Gasteiger partial charge in [-0.1, -0.05) is 17.7 Å². The molecule has 0 bridgehead atoms. The standard InChI is InChI=1S/C14H16N2O2/c1-4-18-14(17)13-11(3)9-16(15-13)12-7-5-10(2)6-8-12/h5-9H,4H2,1-3H3. The summed E-state index contributed by atoms with van der Waals surface area (Å²) in [6, 6.07) is 7.96. The van der Waals surface area contributed by atoms with Crippen LogP contribution in [0.15, 0.2) is 30.5 Å². The molecule has 1 heterocycles. The van der Waals surface area contributed by atoms with E-state index >= 15 is 0 Å². The Balaban J connectivity index is 2.34. The summed E-state index contributed by atoms with van der Waals surface area (Å²) in [5.41, 5.74) is 3.30. The van der Waals surface area contributed by atoms with E-state index in [2.05, 4.69) is 5.10 Å². The third-order valence-corrected chi connectivity index (χ3v) is 2.66. The van der Waals surface area contributed by atoms with Crippen LogP contribution in [0.4, 0.5) is 0 Å². The maximum Gasteiger partial charge on any atom is 0.359 e. The third-order valence-electron chi connectivity index (χ3n) is 2.66. The maximum atomic E-state index is 11.7. The highest BCUT2D eigenvalue weighted by atomic mass is 16.5. The van der Waals surface area contributed by atoms with Gasteiger partial charge in [0.2, 0.25) is 0 Å². The maximum absolute atomic E-state index is 11.7. The number of carbonyl (C=O) groups is 1. The van der Waals surface area contributed by atoms with E-state index in [1.54, 1.807) is 11.6 Å². The summed E-state index contributed by atoms with van der Waals surface area (Å²) >= 11 is 0. The van der Waals surface area contributed by atoms with Crippen LogP contribution in [0.2, 0.25) is 0 Å². The first-order valence-electron chi connectivity index (χ1n) is 5.92. The molecule has 1 aromatic carbocycles. The normalized spacial score (nSPS) is 10.4. The Morgan fingerprint density at radius 2 is 1.94 bits per heavy atom. The zero-order chi connectivity index (χ0) is 13.1. The van der Waals surface area contributed by atoms with Crippen molar-refractivity contribution in [2.24, 2.45) is 0 Å². The molecule has 4 nitrogen and oxygen atoms in total. The second kappa shape index (κ2) is 5.04. The van der Waals surface area contributed by atoms with Crippen molar-refractivity contribution in [3.8, 4) is 5.69 Å². The van der Waals surface area contributed by atoms with Crippen LogP contribution in [0.5, 0.6) is 0 Å². The van der Waals surface area contributed by atoms with Crippen molar-refractivity contribution in [1.82, 2.24) is 9.78 Å². The average Bonchev–Trinajstić information content (AvgIpc) is 2.72. The highest BCUT2D eigenvalue weighted by molar-refractivity contribution is 5.88. The molecule has 0 atom stereocenters. The predicted octanol–water partition coefficient (Wildman–Crippen LogP) is 2.67. The number of aryl methyl sites for hydroxylation is 2. The van der Waals surface area contributed by atoms with Crippen molar-refractivity contribution >= 4 is 5.97 Å². The summed E-state index contributed by atoms with van der Waals surface area (Å²) < 4.78 is 6.66. The summed E-state index contributed by atoms with van der Waals surface area (Å²) in [4.78, 5) is 11.7. The molecule has 0 saturated heterocycles. The average molecular weight is 244 g/mol. The number of nitrogens with zero attached hydrogens (tertiary/aromatic N) is 2. The van der Waals surface area contributed by atoms with Crippen LogP contribution < -0.4 is 0 Å². The van der Waals surface area contributed by atoms with Crippen LogP contribution in [-0.4, -0.2) is 22.4 Å². The van der Waals surface area contributed by atoms with E-state index in [0.717, 1.165) is 11.3 Å². The fourth-order valence-electron chi connectivity index (χ4n) is 1.69. The van der Waals surface area contributed by atoms with Gasteiger partial charge in [-0.2, -0.15) is 5.10 Å². The molecule has 0 aliphatic carbocycles. The lowest BCUT2D eigenvalue weighted by molar-refractivity contribution is 0.0518. The van der Waals surface area contributed by atoms with Crippen molar-refractivity contribution in [3.63, 3.8) is 0 Å². The molecule has 0 spiro atoms. The van der Waals surface area contributed by atoms with Crippen molar-refractivity contribution < 1.29 is 9.53 Å². The summed E-state index contributed by atoms with van der Waals surface area (Å²) in [5.74, 6) is -0.374. The molecule has 0 saturated carbocycles. The summed E-state index contributed by atoms with van der Waals surface area (Å²) in [6.45, 7) is 6.02. The predicted molar refractivity (Wildman–Crippen MR) is 69.0 cm³/mol. The molecule has 4 heteroatoms. The molecular weight excluding hydrogens is 228 g/mol. The second-order valence-corrected chi connectivity index (χ2v) is 4.16. The number of ether oxygens (including phenoxy) is 1. The molecule has 94 valence electrons. The van der Waals surface area contributed by atoms with E-state index < -0.39 is 0 Å². The van der Waals surface area contributed by atoms with E-state index in [9.17, 15) is 4.79 Å². The zero-order valence-electron chi connectivity index (χ0n) is 10.8. The van der Waals surface area contributed by atoms with E-state index in [0.29, 0.717) is 12.3 Å². The lowest BCUT2D eigenvalue weighted by atomic mass is 10.2. The number of hydrogen-bond acceptors (Lipinski definition) is 3. The Morgan fingerprint density at radius 1 is 1.28 bits per heavy atom. The van der Waals surface area contributed by atoms with Gasteiger partial charge < -0.3 is 4.74 Å². The van der Waals surface area contributed by atoms with E-state index in [1.165, 1.54) is 5.56 Å². The molecule has 0 radical (unpaired) electrons. The highest BCUT2D eigenvalue weighted by Crippen LogP contribution is 2.13. The Labute approximate surface area is 106 Å². The SMILES string of the molecule is CCOC(=O)c1nn(-c2ccc(C)cc2)cc1C. The van der Waals surface area contributed by atoms with Crippen LogP contribution in [-0.2, 0) is 4.74 Å². The number of carbonyl (C=O) groups excluding carboxylic acids is 1. The van der Waals surface area contributed by atoms with Crippen molar-refractivity contribution in [3.05, 3.63) is 47.3 Å². The number of esters is 1. The Hall–Kier alpha value is -2.10. The monoisotopic (exact) mass is 244 g/mol. The van der Waals surface area contributed by atoms with Crippen molar-refractivity contribution in [2.45, 2.75) is 20.8 Å². The number of aromatic nitrogens is 2. The second-order valence-electron chi connectivity index (χ2n) is 4.16. The molecule has 0 unspecified atom stereocenters. The van der Waals surface area contributed by atoms with Gasteiger partial charge in [0.1, 0.15) is 0 Å². The van der Waals surface area contributed by atoms with Gasteiger partial charge in [0, 0.05) is 11.8 Å². The number of rotatable bonds is 3. The smallest absolute Gasteiger partial charge is 0.359 e. The minimum absolute atomic E-state index is 0.357. The first kappa shape index (κ1) is 12.4. The Kier molecular flexibility index (Phi) is 3.46. The van der Waals surface area contributed by atoms with Crippen LogP contribution in [0, 0.1) is 13.8 Å².